The maximum atomic E-state index is 10.7. The minimum absolute atomic E-state index is 0.115. The molecule has 0 amide bonds. The first kappa shape index (κ1) is 10.9. The minimum atomic E-state index is -0.379. The molecule has 2 fully saturated rings. The molecule has 6 nitrogen and oxygen atoms in total. The van der Waals surface area contributed by atoms with E-state index >= 15 is 0 Å². The topological polar surface area (TPSA) is 71.1 Å². The Balaban J connectivity index is 1.63. The molecule has 4 rings (SSSR count). The molecule has 1 heterocycles. The van der Waals surface area contributed by atoms with E-state index in [0.717, 1.165) is 5.69 Å². The van der Waals surface area contributed by atoms with Gasteiger partial charge in [-0.2, -0.15) is 5.11 Å². The molecule has 19 heavy (non-hydrogen) atoms. The van der Waals surface area contributed by atoms with Gasteiger partial charge in [-0.3, -0.25) is 10.1 Å². The van der Waals surface area contributed by atoms with Gasteiger partial charge in [-0.25, -0.2) is 5.01 Å². The van der Waals surface area contributed by atoms with Crippen molar-refractivity contribution in [2.45, 2.75) is 31.3 Å². The highest BCUT2D eigenvalue weighted by Crippen LogP contribution is 2.51. The lowest BCUT2D eigenvalue weighted by molar-refractivity contribution is -0.384. The molecule has 98 valence electrons. The Hall–Kier alpha value is -1.98. The fourth-order valence-corrected chi connectivity index (χ4v) is 3.86. The van der Waals surface area contributed by atoms with Gasteiger partial charge in [-0.15, -0.1) is 0 Å². The van der Waals surface area contributed by atoms with Crippen LogP contribution in [0.2, 0.25) is 0 Å². The van der Waals surface area contributed by atoms with E-state index in [9.17, 15) is 10.1 Å². The Morgan fingerprint density at radius 1 is 1.21 bits per heavy atom. The van der Waals surface area contributed by atoms with Gasteiger partial charge >= 0.3 is 0 Å². The normalized spacial score (nSPS) is 34.8. The van der Waals surface area contributed by atoms with Crippen molar-refractivity contribution in [3.05, 3.63) is 34.4 Å². The van der Waals surface area contributed by atoms with E-state index in [2.05, 4.69) is 10.3 Å². The molecule has 0 unspecified atom stereocenters. The summed E-state index contributed by atoms with van der Waals surface area (Å²) in [5, 5.41) is 21.3. The van der Waals surface area contributed by atoms with Crippen molar-refractivity contribution in [2.24, 2.45) is 22.2 Å². The van der Waals surface area contributed by atoms with Gasteiger partial charge in [-0.1, -0.05) is 5.22 Å². The monoisotopic (exact) mass is 260 g/mol. The number of hydrogen-bond acceptors (Lipinski definition) is 5. The molecule has 0 saturated heterocycles. The summed E-state index contributed by atoms with van der Waals surface area (Å²) in [4.78, 5) is 10.3. The van der Waals surface area contributed by atoms with E-state index in [1.165, 1.54) is 31.4 Å². The zero-order chi connectivity index (χ0) is 13.0. The molecule has 4 atom stereocenters. The second kappa shape index (κ2) is 3.76. The summed E-state index contributed by atoms with van der Waals surface area (Å²) in [5.74, 6) is 1.38. The summed E-state index contributed by atoms with van der Waals surface area (Å²) < 4.78 is 0. The summed E-state index contributed by atoms with van der Waals surface area (Å²) in [6.07, 6.45) is 3.80. The number of nitro benzene ring substituents is 1. The summed E-state index contributed by atoms with van der Waals surface area (Å²) >= 11 is 0. The molecule has 1 aliphatic heterocycles. The molecule has 0 aromatic heterocycles. The van der Waals surface area contributed by atoms with E-state index in [0.29, 0.717) is 23.9 Å². The van der Waals surface area contributed by atoms with Crippen LogP contribution in [-0.4, -0.2) is 17.0 Å². The molecular weight excluding hydrogens is 246 g/mol. The average molecular weight is 260 g/mol. The average Bonchev–Trinajstić information content (AvgIpc) is 3.11. The summed E-state index contributed by atoms with van der Waals surface area (Å²) in [6, 6.07) is 7.32. The largest absolute Gasteiger partial charge is 0.269 e. The molecule has 2 bridgehead atoms. The van der Waals surface area contributed by atoms with Gasteiger partial charge in [-0.05, 0) is 43.2 Å². The first-order valence-corrected chi connectivity index (χ1v) is 6.68. The van der Waals surface area contributed by atoms with Crippen molar-refractivity contribution >= 4 is 11.4 Å². The Labute approximate surface area is 110 Å². The highest BCUT2D eigenvalue weighted by Gasteiger charge is 2.53. The van der Waals surface area contributed by atoms with Crippen LogP contribution in [0, 0.1) is 22.0 Å². The minimum Gasteiger partial charge on any atom is -0.258 e. The molecule has 0 spiro atoms. The molecular formula is C13H14N4O2. The molecule has 2 saturated carbocycles. The summed E-state index contributed by atoms with van der Waals surface area (Å²) in [7, 11) is 0. The quantitative estimate of drug-likeness (QED) is 0.466. The van der Waals surface area contributed by atoms with E-state index < -0.39 is 0 Å². The standard InChI is InChI=1S/C13H14N4O2/c18-17(19)11-5-3-10(4-6-11)16-13-9-2-1-8(7-9)12(13)14-15-16/h3-6,8-9,12-13H,1-2,7H2/t8-,9+,12+,13-/m0/s1/i14+1,16+1. The van der Waals surface area contributed by atoms with E-state index in [1.54, 1.807) is 12.1 Å². The Bertz CT molecular complexity index is 556. The van der Waals surface area contributed by atoms with E-state index in [4.69, 9.17) is 0 Å². The van der Waals surface area contributed by atoms with Gasteiger partial charge in [0.15, 0.2) is 0 Å². The third kappa shape index (κ3) is 1.49. The Morgan fingerprint density at radius 3 is 2.68 bits per heavy atom. The van der Waals surface area contributed by atoms with Crippen LogP contribution in [0.1, 0.15) is 19.3 Å². The number of non-ortho nitro benzene ring substituents is 1. The molecule has 3 aliphatic rings. The maximum Gasteiger partial charge on any atom is 0.269 e. The van der Waals surface area contributed by atoms with E-state index in [1.807, 2.05) is 5.01 Å². The smallest absolute Gasteiger partial charge is 0.258 e. The number of hydrogen-bond donors (Lipinski definition) is 0. The van der Waals surface area contributed by atoms with Gasteiger partial charge in [0.25, 0.3) is 5.69 Å². The van der Waals surface area contributed by atoms with Crippen LogP contribution in [0.25, 0.3) is 0 Å². The molecule has 6 heteroatoms. The lowest BCUT2D eigenvalue weighted by atomic mass is 9.93. The zero-order valence-electron chi connectivity index (χ0n) is 10.3. The van der Waals surface area contributed by atoms with Gasteiger partial charge in [0, 0.05) is 12.1 Å². The molecule has 1 aromatic rings. The summed E-state index contributed by atoms with van der Waals surface area (Å²) in [5.41, 5.74) is 1.03. The number of anilines is 1. The number of rotatable bonds is 2. The maximum absolute atomic E-state index is 10.7. The Morgan fingerprint density at radius 2 is 1.95 bits per heavy atom. The van der Waals surface area contributed by atoms with Crippen molar-refractivity contribution in [3.63, 3.8) is 0 Å². The fourth-order valence-electron chi connectivity index (χ4n) is 3.86. The van der Waals surface area contributed by atoms with Crippen LogP contribution in [0.3, 0.4) is 0 Å². The van der Waals surface area contributed by atoms with Gasteiger partial charge in [0.1, 0.15) is 0 Å². The van der Waals surface area contributed by atoms with Crippen LogP contribution in [0.4, 0.5) is 11.4 Å². The lowest BCUT2D eigenvalue weighted by Gasteiger charge is -2.28. The third-order valence-corrected chi connectivity index (χ3v) is 4.72. The molecule has 1 aromatic carbocycles. The van der Waals surface area contributed by atoms with Gasteiger partial charge < -0.3 is 0 Å². The lowest BCUT2D eigenvalue weighted by Crippen LogP contribution is -2.39. The number of nitrogens with zero attached hydrogens (tertiary/aromatic N) is 4. The van der Waals surface area contributed by atoms with Crippen LogP contribution in [0.15, 0.2) is 34.6 Å². The number of fused-ring (bicyclic) bond motifs is 5. The molecule has 2 aliphatic carbocycles. The molecule has 0 radical (unpaired) electrons. The van der Waals surface area contributed by atoms with Crippen LogP contribution < -0.4 is 5.01 Å². The van der Waals surface area contributed by atoms with Gasteiger partial charge in [0.2, 0.25) is 0 Å². The van der Waals surface area contributed by atoms with Crippen molar-refractivity contribution in [2.75, 3.05) is 5.01 Å². The van der Waals surface area contributed by atoms with Crippen molar-refractivity contribution in [3.8, 4) is 0 Å². The number of benzene rings is 1. The van der Waals surface area contributed by atoms with Crippen LogP contribution in [-0.2, 0) is 0 Å². The second-order valence-electron chi connectivity index (χ2n) is 5.64. The molecule has 0 N–H and O–H groups in total. The first-order valence-electron chi connectivity index (χ1n) is 6.68. The fraction of sp³-hybridized carbons (Fsp3) is 0.538. The highest BCUT2D eigenvalue weighted by molar-refractivity contribution is 5.52. The second-order valence-corrected chi connectivity index (χ2v) is 5.64. The zero-order valence-corrected chi connectivity index (χ0v) is 10.3. The van der Waals surface area contributed by atoms with E-state index in [-0.39, 0.29) is 10.6 Å². The van der Waals surface area contributed by atoms with Gasteiger partial charge in [0.05, 0.1) is 22.7 Å². The Kier molecular flexibility index (Phi) is 2.15. The van der Waals surface area contributed by atoms with Crippen molar-refractivity contribution in [1.29, 1.82) is 0 Å². The van der Waals surface area contributed by atoms with Crippen LogP contribution >= 0.6 is 0 Å². The third-order valence-electron chi connectivity index (χ3n) is 4.72. The predicted molar refractivity (Wildman–Crippen MR) is 68.8 cm³/mol. The highest BCUT2D eigenvalue weighted by atomic mass is 16.6. The van der Waals surface area contributed by atoms with Crippen molar-refractivity contribution < 1.29 is 4.92 Å². The number of nitro groups is 1. The van der Waals surface area contributed by atoms with Crippen LogP contribution in [0.5, 0.6) is 0 Å². The first-order chi connectivity index (χ1) is 9.24. The van der Waals surface area contributed by atoms with Crippen molar-refractivity contribution in [1.82, 2.24) is 0 Å². The summed E-state index contributed by atoms with van der Waals surface area (Å²) in [6.45, 7) is 0. The predicted octanol–water partition coefficient (Wildman–Crippen LogP) is 2.95. The SMILES string of the molecule is O=[N+]([O-])c1ccc([15N]2N=[15N][C@@H]3[C@H]4CC[C@H](C4)[C@@H]32)cc1.